The topological polar surface area (TPSA) is 59.9 Å². The lowest BCUT2D eigenvalue weighted by molar-refractivity contribution is -0.131. The van der Waals surface area contributed by atoms with E-state index in [9.17, 15) is 4.79 Å². The summed E-state index contributed by atoms with van der Waals surface area (Å²) in [4.78, 5) is 12.2. The molecule has 0 saturated carbocycles. The highest BCUT2D eigenvalue weighted by Crippen LogP contribution is 2.21. The fraction of sp³-hybridized carbons (Fsp3) is 0.176. The number of benzene rings is 2. The van der Waals surface area contributed by atoms with Crippen LogP contribution in [0.1, 0.15) is 17.2 Å². The molecule has 5 nitrogen and oxygen atoms in total. The molecule has 0 saturated heterocycles. The van der Waals surface area contributed by atoms with Crippen molar-refractivity contribution in [1.29, 1.82) is 0 Å². The van der Waals surface area contributed by atoms with Crippen LogP contribution in [-0.2, 0) is 9.53 Å². The number of halogens is 1. The van der Waals surface area contributed by atoms with E-state index in [4.69, 9.17) is 9.47 Å². The number of hydrazone groups is 1. The van der Waals surface area contributed by atoms with Crippen LogP contribution in [0.25, 0.3) is 0 Å². The Hall–Kier alpha value is -2.18. The lowest BCUT2D eigenvalue weighted by Gasteiger charge is -2.13. The molecule has 120 valence electrons. The van der Waals surface area contributed by atoms with Gasteiger partial charge in [0, 0.05) is 17.1 Å². The molecule has 0 spiro atoms. The summed E-state index contributed by atoms with van der Waals surface area (Å²) in [6.07, 6.45) is 0.817. The molecule has 1 N–H and O–H groups in total. The minimum absolute atomic E-state index is 0.344. The molecule has 0 radical (unpaired) electrons. The number of carbonyl (C=O) groups excluding carboxylic acids is 1. The predicted molar refractivity (Wildman–Crippen MR) is 92.6 cm³/mol. The molecule has 6 heteroatoms. The first-order valence-corrected chi connectivity index (χ1v) is 7.69. The van der Waals surface area contributed by atoms with E-state index in [0.717, 1.165) is 15.6 Å². The Morgan fingerprint density at radius 2 is 1.96 bits per heavy atom. The highest BCUT2D eigenvalue weighted by molar-refractivity contribution is 9.10. The maximum Gasteiger partial charge on any atom is 0.273 e. The molecular formula is C17H17BrN2O3. The molecule has 0 aliphatic carbocycles. The van der Waals surface area contributed by atoms with Crippen LogP contribution in [0.4, 0.5) is 0 Å². The maximum absolute atomic E-state index is 12.2. The highest BCUT2D eigenvalue weighted by atomic mass is 79.9. The quantitative estimate of drug-likeness (QED) is 0.621. The standard InChI is InChI=1S/C17H17BrN2O3/c1-22-15-9-8-14(18)10-13(15)11-19-20-17(21)16(23-2)12-6-4-3-5-7-12/h3-11,16H,1-2H3,(H,20,21)/b19-11-/t16-/m1/s1. The van der Waals surface area contributed by atoms with E-state index in [1.54, 1.807) is 7.11 Å². The summed E-state index contributed by atoms with van der Waals surface area (Å²) in [5.41, 5.74) is 4.00. The summed E-state index contributed by atoms with van der Waals surface area (Å²) in [6.45, 7) is 0. The number of hydrogen-bond donors (Lipinski definition) is 1. The SMILES string of the molecule is COc1ccc(Br)cc1/C=N\NC(=O)[C@H](OC)c1ccccc1. The number of nitrogens with zero attached hydrogens (tertiary/aromatic N) is 1. The zero-order valence-electron chi connectivity index (χ0n) is 12.8. The lowest BCUT2D eigenvalue weighted by Crippen LogP contribution is -2.26. The Labute approximate surface area is 143 Å². The van der Waals surface area contributed by atoms with Crippen LogP contribution in [0.15, 0.2) is 58.1 Å². The molecule has 2 aromatic rings. The van der Waals surface area contributed by atoms with Gasteiger partial charge in [0.1, 0.15) is 5.75 Å². The van der Waals surface area contributed by atoms with Gasteiger partial charge in [0.25, 0.3) is 5.91 Å². The Bertz CT molecular complexity index is 689. The van der Waals surface area contributed by atoms with Gasteiger partial charge in [-0.1, -0.05) is 46.3 Å². The van der Waals surface area contributed by atoms with Crippen molar-refractivity contribution in [3.8, 4) is 5.75 Å². The van der Waals surface area contributed by atoms with Crippen molar-refractivity contribution < 1.29 is 14.3 Å². The van der Waals surface area contributed by atoms with E-state index in [1.165, 1.54) is 13.3 Å². The second kappa shape index (κ2) is 8.45. The maximum atomic E-state index is 12.2. The molecule has 0 fully saturated rings. The first-order valence-electron chi connectivity index (χ1n) is 6.90. The Morgan fingerprint density at radius 1 is 1.22 bits per heavy atom. The van der Waals surface area contributed by atoms with Crippen molar-refractivity contribution in [3.63, 3.8) is 0 Å². The molecule has 23 heavy (non-hydrogen) atoms. The van der Waals surface area contributed by atoms with E-state index in [2.05, 4.69) is 26.5 Å². The molecule has 2 aromatic carbocycles. The number of carbonyl (C=O) groups is 1. The van der Waals surface area contributed by atoms with Gasteiger partial charge in [-0.25, -0.2) is 5.43 Å². The van der Waals surface area contributed by atoms with Crippen molar-refractivity contribution in [2.24, 2.45) is 5.10 Å². The Kier molecular flexibility index (Phi) is 6.31. The number of methoxy groups -OCH3 is 2. The molecule has 1 atom stereocenters. The van der Waals surface area contributed by atoms with Crippen LogP contribution in [0.2, 0.25) is 0 Å². The molecule has 0 aromatic heterocycles. The highest BCUT2D eigenvalue weighted by Gasteiger charge is 2.19. The third-order valence-electron chi connectivity index (χ3n) is 3.15. The zero-order valence-corrected chi connectivity index (χ0v) is 14.4. The smallest absolute Gasteiger partial charge is 0.273 e. The van der Waals surface area contributed by atoms with Gasteiger partial charge < -0.3 is 9.47 Å². The van der Waals surface area contributed by atoms with Crippen molar-refractivity contribution in [1.82, 2.24) is 5.43 Å². The Balaban J connectivity index is 2.07. The van der Waals surface area contributed by atoms with Gasteiger partial charge >= 0.3 is 0 Å². The summed E-state index contributed by atoms with van der Waals surface area (Å²) in [5, 5.41) is 3.98. The van der Waals surface area contributed by atoms with Crippen LogP contribution in [0.3, 0.4) is 0 Å². The van der Waals surface area contributed by atoms with Crippen LogP contribution < -0.4 is 10.2 Å². The molecule has 0 aliphatic rings. The third kappa shape index (κ3) is 4.64. The van der Waals surface area contributed by atoms with Gasteiger partial charge in [-0.2, -0.15) is 5.10 Å². The van der Waals surface area contributed by atoms with Crippen LogP contribution in [-0.4, -0.2) is 26.3 Å². The zero-order chi connectivity index (χ0) is 16.7. The van der Waals surface area contributed by atoms with Gasteiger partial charge in [-0.15, -0.1) is 0 Å². The van der Waals surface area contributed by atoms with Crippen LogP contribution >= 0.6 is 15.9 Å². The summed E-state index contributed by atoms with van der Waals surface area (Å²) in [6, 6.07) is 14.8. The van der Waals surface area contributed by atoms with Crippen molar-refractivity contribution >= 4 is 28.1 Å². The average Bonchev–Trinajstić information content (AvgIpc) is 2.57. The fourth-order valence-corrected chi connectivity index (χ4v) is 2.43. The van der Waals surface area contributed by atoms with Crippen molar-refractivity contribution in [2.45, 2.75) is 6.10 Å². The minimum Gasteiger partial charge on any atom is -0.496 e. The second-order valence-corrected chi connectivity index (χ2v) is 5.56. The summed E-state index contributed by atoms with van der Waals surface area (Å²) < 4.78 is 11.4. The molecule has 0 aliphatic heterocycles. The fourth-order valence-electron chi connectivity index (χ4n) is 2.05. The second-order valence-electron chi connectivity index (χ2n) is 4.65. The molecule has 0 heterocycles. The van der Waals surface area contributed by atoms with Crippen molar-refractivity contribution in [2.75, 3.05) is 14.2 Å². The monoisotopic (exact) mass is 376 g/mol. The third-order valence-corrected chi connectivity index (χ3v) is 3.64. The number of rotatable bonds is 6. The van der Waals surface area contributed by atoms with Gasteiger partial charge in [0.05, 0.1) is 13.3 Å². The summed E-state index contributed by atoms with van der Waals surface area (Å²) >= 11 is 3.39. The first-order chi connectivity index (χ1) is 11.2. The van der Waals surface area contributed by atoms with Gasteiger partial charge in [-0.3, -0.25) is 4.79 Å². The average molecular weight is 377 g/mol. The molecule has 2 rings (SSSR count). The molecule has 0 bridgehead atoms. The van der Waals surface area contributed by atoms with E-state index < -0.39 is 6.10 Å². The minimum atomic E-state index is -0.710. The summed E-state index contributed by atoms with van der Waals surface area (Å²) in [7, 11) is 3.06. The number of amides is 1. The normalized spacial score (nSPS) is 12.1. The van der Waals surface area contributed by atoms with Gasteiger partial charge in [0.2, 0.25) is 0 Å². The van der Waals surface area contributed by atoms with E-state index in [1.807, 2.05) is 48.5 Å². The van der Waals surface area contributed by atoms with E-state index >= 15 is 0 Å². The largest absolute Gasteiger partial charge is 0.496 e. The molecular weight excluding hydrogens is 360 g/mol. The number of nitrogens with one attached hydrogen (secondary N) is 1. The predicted octanol–water partition coefficient (Wildman–Crippen LogP) is 3.30. The van der Waals surface area contributed by atoms with E-state index in [0.29, 0.717) is 5.75 Å². The van der Waals surface area contributed by atoms with Crippen LogP contribution in [0, 0.1) is 0 Å². The molecule has 1 amide bonds. The summed E-state index contributed by atoms with van der Waals surface area (Å²) in [5.74, 6) is 0.321. The molecule has 0 unspecified atom stereocenters. The number of ether oxygens (including phenoxy) is 2. The van der Waals surface area contributed by atoms with Crippen molar-refractivity contribution in [3.05, 3.63) is 64.1 Å². The van der Waals surface area contributed by atoms with Crippen LogP contribution in [0.5, 0.6) is 5.75 Å². The first kappa shape index (κ1) is 17.2. The van der Waals surface area contributed by atoms with Gasteiger partial charge in [0.15, 0.2) is 6.10 Å². The number of hydrogen-bond acceptors (Lipinski definition) is 4. The Morgan fingerprint density at radius 3 is 2.61 bits per heavy atom. The van der Waals surface area contributed by atoms with Gasteiger partial charge in [-0.05, 0) is 23.8 Å². The lowest BCUT2D eigenvalue weighted by atomic mass is 10.1. The van der Waals surface area contributed by atoms with E-state index in [-0.39, 0.29) is 5.91 Å².